The van der Waals surface area contributed by atoms with Crippen LogP contribution in [-0.2, 0) is 17.8 Å². The van der Waals surface area contributed by atoms with E-state index in [4.69, 9.17) is 9.15 Å². The van der Waals surface area contributed by atoms with Crippen molar-refractivity contribution in [2.75, 3.05) is 6.61 Å². The van der Waals surface area contributed by atoms with Crippen molar-refractivity contribution in [1.29, 1.82) is 0 Å². The van der Waals surface area contributed by atoms with Crippen LogP contribution in [0.15, 0.2) is 51.9 Å². The first-order valence-corrected chi connectivity index (χ1v) is 8.43. The van der Waals surface area contributed by atoms with E-state index in [9.17, 15) is 9.59 Å². The van der Waals surface area contributed by atoms with Crippen molar-refractivity contribution in [2.45, 2.75) is 26.8 Å². The molecule has 0 unspecified atom stereocenters. The number of rotatable bonds is 6. The van der Waals surface area contributed by atoms with Gasteiger partial charge in [-0.15, -0.1) is 0 Å². The Morgan fingerprint density at radius 1 is 1.23 bits per heavy atom. The second-order valence-corrected chi connectivity index (χ2v) is 5.93. The lowest BCUT2D eigenvalue weighted by molar-refractivity contribution is -0.123. The fourth-order valence-electron chi connectivity index (χ4n) is 2.75. The van der Waals surface area contributed by atoms with Crippen molar-refractivity contribution in [1.82, 2.24) is 10.3 Å². The third kappa shape index (κ3) is 3.91. The largest absolute Gasteiger partial charge is 0.483 e. The summed E-state index contributed by atoms with van der Waals surface area (Å²) in [5.41, 5.74) is 2.72. The molecule has 3 aromatic rings. The number of carbonyl (C=O) groups is 1. The highest BCUT2D eigenvalue weighted by atomic mass is 16.5. The number of nitrogens with zero attached hydrogens (tertiary/aromatic N) is 1. The molecule has 1 amide bonds. The van der Waals surface area contributed by atoms with E-state index in [-0.39, 0.29) is 18.1 Å². The molecular formula is C20H20N2O4. The Kier molecular flexibility index (Phi) is 5.31. The first-order valence-electron chi connectivity index (χ1n) is 8.43. The molecule has 2 aromatic heterocycles. The van der Waals surface area contributed by atoms with Gasteiger partial charge in [0.1, 0.15) is 11.3 Å². The number of carbonyl (C=O) groups excluding carboxylic acids is 1. The van der Waals surface area contributed by atoms with E-state index in [1.165, 1.54) is 6.07 Å². The topological polar surface area (TPSA) is 81.4 Å². The molecular weight excluding hydrogens is 332 g/mol. The predicted molar refractivity (Wildman–Crippen MR) is 98.2 cm³/mol. The molecule has 6 nitrogen and oxygen atoms in total. The molecule has 0 spiro atoms. The molecule has 1 aromatic carbocycles. The van der Waals surface area contributed by atoms with E-state index in [1.807, 2.05) is 32.0 Å². The van der Waals surface area contributed by atoms with Crippen LogP contribution < -0.4 is 15.7 Å². The van der Waals surface area contributed by atoms with Crippen molar-refractivity contribution >= 4 is 16.9 Å². The minimum Gasteiger partial charge on any atom is -0.483 e. The van der Waals surface area contributed by atoms with E-state index < -0.39 is 0 Å². The molecule has 0 aliphatic carbocycles. The van der Waals surface area contributed by atoms with E-state index in [0.717, 1.165) is 22.9 Å². The Morgan fingerprint density at radius 2 is 2.00 bits per heavy atom. The molecule has 0 bridgehead atoms. The van der Waals surface area contributed by atoms with Crippen molar-refractivity contribution in [2.24, 2.45) is 0 Å². The number of ether oxygens (including phenoxy) is 1. The average molecular weight is 352 g/mol. The molecule has 134 valence electrons. The third-order valence-electron chi connectivity index (χ3n) is 4.18. The monoisotopic (exact) mass is 352 g/mol. The van der Waals surface area contributed by atoms with Gasteiger partial charge in [0.05, 0.1) is 0 Å². The normalized spacial score (nSPS) is 10.7. The third-order valence-corrected chi connectivity index (χ3v) is 4.18. The van der Waals surface area contributed by atoms with Crippen LogP contribution in [0.5, 0.6) is 5.75 Å². The van der Waals surface area contributed by atoms with Gasteiger partial charge in [0.2, 0.25) is 0 Å². The van der Waals surface area contributed by atoms with Crippen LogP contribution in [0.4, 0.5) is 0 Å². The number of pyridine rings is 1. The lowest BCUT2D eigenvalue weighted by atomic mass is 10.0. The minimum atomic E-state index is -0.385. The maximum Gasteiger partial charge on any atom is 0.336 e. The molecule has 1 N–H and O–H groups in total. The van der Waals surface area contributed by atoms with Gasteiger partial charge in [0.25, 0.3) is 5.91 Å². The van der Waals surface area contributed by atoms with Crippen molar-refractivity contribution in [3.05, 3.63) is 69.8 Å². The second-order valence-electron chi connectivity index (χ2n) is 5.93. The van der Waals surface area contributed by atoms with E-state index in [2.05, 4.69) is 10.3 Å². The maximum atomic E-state index is 12.0. The van der Waals surface area contributed by atoms with Gasteiger partial charge in [0, 0.05) is 36.0 Å². The summed E-state index contributed by atoms with van der Waals surface area (Å²) >= 11 is 0. The standard InChI is InChI=1S/C20H20N2O4/c1-3-15-10-19(24)26-20-13(2)17(5-4-16(15)20)25-12-18(23)22-11-14-6-8-21-9-7-14/h4-10H,3,11-12H2,1-2H3,(H,22,23). The van der Waals surface area contributed by atoms with Gasteiger partial charge in [-0.05, 0) is 48.7 Å². The summed E-state index contributed by atoms with van der Waals surface area (Å²) in [5.74, 6) is 0.290. The first kappa shape index (κ1) is 17.7. The zero-order valence-electron chi connectivity index (χ0n) is 14.7. The summed E-state index contributed by atoms with van der Waals surface area (Å²) in [5, 5.41) is 3.68. The van der Waals surface area contributed by atoms with Crippen LogP contribution in [0.3, 0.4) is 0 Å². The van der Waals surface area contributed by atoms with E-state index >= 15 is 0 Å². The fraction of sp³-hybridized carbons (Fsp3) is 0.250. The number of benzene rings is 1. The highest BCUT2D eigenvalue weighted by Crippen LogP contribution is 2.28. The Labute approximate surface area is 150 Å². The number of amides is 1. The Balaban J connectivity index is 1.70. The van der Waals surface area contributed by atoms with Crippen LogP contribution in [0, 0.1) is 6.92 Å². The highest BCUT2D eigenvalue weighted by molar-refractivity contribution is 5.85. The van der Waals surface area contributed by atoms with Gasteiger partial charge in [0.15, 0.2) is 6.61 Å². The molecule has 0 saturated carbocycles. The van der Waals surface area contributed by atoms with Gasteiger partial charge >= 0.3 is 5.63 Å². The lowest BCUT2D eigenvalue weighted by Crippen LogP contribution is -2.28. The second kappa shape index (κ2) is 7.82. The van der Waals surface area contributed by atoms with E-state index in [0.29, 0.717) is 23.4 Å². The molecule has 2 heterocycles. The maximum absolute atomic E-state index is 12.0. The number of nitrogens with one attached hydrogen (secondary N) is 1. The van der Waals surface area contributed by atoms with Gasteiger partial charge in [-0.3, -0.25) is 9.78 Å². The molecule has 0 atom stereocenters. The molecule has 0 aliphatic rings. The van der Waals surface area contributed by atoms with Crippen LogP contribution in [-0.4, -0.2) is 17.5 Å². The smallest absolute Gasteiger partial charge is 0.336 e. The van der Waals surface area contributed by atoms with Gasteiger partial charge < -0.3 is 14.5 Å². The molecule has 6 heteroatoms. The van der Waals surface area contributed by atoms with Crippen LogP contribution >= 0.6 is 0 Å². The Morgan fingerprint density at radius 3 is 2.73 bits per heavy atom. The SMILES string of the molecule is CCc1cc(=O)oc2c(C)c(OCC(=O)NCc3ccncc3)ccc12. The Bertz CT molecular complexity index is 980. The number of aryl methyl sites for hydroxylation is 2. The minimum absolute atomic E-state index is 0.116. The number of hydrogen-bond acceptors (Lipinski definition) is 5. The number of aromatic nitrogens is 1. The van der Waals surface area contributed by atoms with Crippen molar-refractivity contribution < 1.29 is 13.9 Å². The van der Waals surface area contributed by atoms with Crippen molar-refractivity contribution in [3.63, 3.8) is 0 Å². The van der Waals surface area contributed by atoms with Gasteiger partial charge in [-0.2, -0.15) is 0 Å². The summed E-state index contributed by atoms with van der Waals surface area (Å²) < 4.78 is 11.0. The number of hydrogen-bond donors (Lipinski definition) is 1. The first-order chi connectivity index (χ1) is 12.6. The summed E-state index contributed by atoms with van der Waals surface area (Å²) in [7, 11) is 0. The molecule has 0 radical (unpaired) electrons. The lowest BCUT2D eigenvalue weighted by Gasteiger charge is -2.12. The summed E-state index contributed by atoms with van der Waals surface area (Å²) in [6.07, 6.45) is 4.09. The van der Waals surface area contributed by atoms with Crippen LogP contribution in [0.2, 0.25) is 0 Å². The molecule has 0 fully saturated rings. The summed E-state index contributed by atoms with van der Waals surface area (Å²) in [6.45, 7) is 4.10. The zero-order chi connectivity index (χ0) is 18.5. The van der Waals surface area contributed by atoms with Gasteiger partial charge in [-0.25, -0.2) is 4.79 Å². The average Bonchev–Trinajstić information content (AvgIpc) is 2.66. The zero-order valence-corrected chi connectivity index (χ0v) is 14.7. The van der Waals surface area contributed by atoms with E-state index in [1.54, 1.807) is 18.5 Å². The van der Waals surface area contributed by atoms with Crippen LogP contribution in [0.1, 0.15) is 23.6 Å². The Hall–Kier alpha value is -3.15. The molecule has 3 rings (SSSR count). The van der Waals surface area contributed by atoms with Crippen LogP contribution in [0.25, 0.3) is 11.0 Å². The highest BCUT2D eigenvalue weighted by Gasteiger charge is 2.12. The summed E-state index contributed by atoms with van der Waals surface area (Å²) in [4.78, 5) is 27.7. The molecule has 0 aliphatic heterocycles. The molecule has 26 heavy (non-hydrogen) atoms. The quantitative estimate of drug-likeness (QED) is 0.690. The molecule has 0 saturated heterocycles. The fourth-order valence-corrected chi connectivity index (χ4v) is 2.75. The summed E-state index contributed by atoms with van der Waals surface area (Å²) in [6, 6.07) is 8.83. The van der Waals surface area contributed by atoms with Gasteiger partial charge in [-0.1, -0.05) is 6.92 Å². The van der Waals surface area contributed by atoms with Crippen molar-refractivity contribution in [3.8, 4) is 5.75 Å². The predicted octanol–water partition coefficient (Wildman–Crippen LogP) is 2.75. The number of fused-ring (bicyclic) bond motifs is 1.